The van der Waals surface area contributed by atoms with Crippen molar-refractivity contribution >= 4 is 22.5 Å². The summed E-state index contributed by atoms with van der Waals surface area (Å²) < 4.78 is 10.9. The number of nitrogens with one attached hydrogen (secondary N) is 1. The molecule has 0 atom stereocenters. The van der Waals surface area contributed by atoms with E-state index in [1.54, 1.807) is 23.7 Å². The molecule has 7 nitrogen and oxygen atoms in total. The van der Waals surface area contributed by atoms with Crippen molar-refractivity contribution in [3.8, 4) is 11.3 Å². The number of hydrogen-bond donors (Lipinski definition) is 2. The lowest BCUT2D eigenvalue weighted by Gasteiger charge is -2.28. The van der Waals surface area contributed by atoms with Crippen LogP contribution in [0.4, 0.5) is 5.69 Å². The number of morpholine rings is 1. The van der Waals surface area contributed by atoms with Gasteiger partial charge in [0.15, 0.2) is 5.76 Å². The van der Waals surface area contributed by atoms with Crippen LogP contribution in [0.15, 0.2) is 47.0 Å². The zero-order valence-electron chi connectivity index (χ0n) is 13.4. The molecule has 3 aromatic rings. The molecule has 0 spiro atoms. The molecule has 1 aromatic heterocycles. The van der Waals surface area contributed by atoms with Crippen LogP contribution in [0.2, 0.25) is 0 Å². The molecule has 0 saturated carbocycles. The van der Waals surface area contributed by atoms with E-state index in [4.69, 9.17) is 14.5 Å². The fourth-order valence-electron chi connectivity index (χ4n) is 3.00. The number of ether oxygens (including phenoxy) is 1. The Hall–Kier alpha value is -2.90. The van der Waals surface area contributed by atoms with Crippen molar-refractivity contribution in [2.24, 2.45) is 0 Å². The van der Waals surface area contributed by atoms with Crippen molar-refractivity contribution in [3.63, 3.8) is 0 Å². The fourth-order valence-corrected chi connectivity index (χ4v) is 3.00. The molecule has 0 aliphatic carbocycles. The Labute approximate surface area is 143 Å². The molecule has 7 heteroatoms. The zero-order chi connectivity index (χ0) is 17.2. The van der Waals surface area contributed by atoms with Crippen LogP contribution in [-0.2, 0) is 4.74 Å². The molecule has 0 unspecified atom stereocenters. The second-order valence-electron chi connectivity index (χ2n) is 5.83. The van der Waals surface area contributed by atoms with Crippen LogP contribution in [0, 0.1) is 0 Å². The molecule has 1 fully saturated rings. The third-order valence-electron chi connectivity index (χ3n) is 4.35. The van der Waals surface area contributed by atoms with Crippen LogP contribution in [0.3, 0.4) is 0 Å². The highest BCUT2D eigenvalue weighted by molar-refractivity contribution is 6.00. The molecule has 1 amide bonds. The smallest absolute Gasteiger partial charge is 0.274 e. The van der Waals surface area contributed by atoms with Gasteiger partial charge in [-0.15, -0.1) is 0 Å². The Morgan fingerprint density at radius 2 is 1.88 bits per heavy atom. The van der Waals surface area contributed by atoms with E-state index >= 15 is 0 Å². The molecule has 25 heavy (non-hydrogen) atoms. The normalized spacial score (nSPS) is 14.7. The number of amides is 1. The fraction of sp³-hybridized carbons (Fsp3) is 0.222. The Bertz CT molecular complexity index is 898. The highest BCUT2D eigenvalue weighted by Crippen LogP contribution is 2.31. The molecule has 4 rings (SSSR count). The van der Waals surface area contributed by atoms with Crippen LogP contribution in [0.25, 0.3) is 22.2 Å². The van der Waals surface area contributed by atoms with Crippen LogP contribution in [0.1, 0.15) is 10.4 Å². The highest BCUT2D eigenvalue weighted by Gasteiger charge is 2.15. The molecular weight excluding hydrogens is 322 g/mol. The Morgan fingerprint density at radius 1 is 1.12 bits per heavy atom. The van der Waals surface area contributed by atoms with Gasteiger partial charge in [0.2, 0.25) is 0 Å². The van der Waals surface area contributed by atoms with Crippen molar-refractivity contribution in [2.75, 3.05) is 31.2 Å². The van der Waals surface area contributed by atoms with E-state index in [1.165, 1.54) is 0 Å². The molecule has 2 heterocycles. The molecule has 0 radical (unpaired) electrons. The van der Waals surface area contributed by atoms with E-state index in [1.807, 2.05) is 24.3 Å². The van der Waals surface area contributed by atoms with Crippen LogP contribution < -0.4 is 10.4 Å². The SMILES string of the molecule is O=C(NO)c1ccc2noc(-c3ccc(N4CCOCC4)cc3)c2c1. The first-order valence-electron chi connectivity index (χ1n) is 8.03. The average molecular weight is 339 g/mol. The van der Waals surface area contributed by atoms with Gasteiger partial charge in [0, 0.05) is 29.9 Å². The quantitative estimate of drug-likeness (QED) is 0.563. The molecule has 1 aliphatic heterocycles. The van der Waals surface area contributed by atoms with Gasteiger partial charge in [0.25, 0.3) is 5.91 Å². The van der Waals surface area contributed by atoms with Gasteiger partial charge in [0.1, 0.15) is 5.52 Å². The van der Waals surface area contributed by atoms with E-state index in [9.17, 15) is 4.79 Å². The van der Waals surface area contributed by atoms with Gasteiger partial charge < -0.3 is 14.2 Å². The summed E-state index contributed by atoms with van der Waals surface area (Å²) in [5.41, 5.74) is 4.64. The van der Waals surface area contributed by atoms with Gasteiger partial charge >= 0.3 is 0 Å². The minimum Gasteiger partial charge on any atom is -0.378 e. The number of hydrogen-bond acceptors (Lipinski definition) is 6. The number of nitrogens with zero attached hydrogens (tertiary/aromatic N) is 2. The first kappa shape index (κ1) is 15.6. The summed E-state index contributed by atoms with van der Waals surface area (Å²) in [7, 11) is 0. The molecular formula is C18H17N3O4. The van der Waals surface area contributed by atoms with Crippen LogP contribution >= 0.6 is 0 Å². The summed E-state index contributed by atoms with van der Waals surface area (Å²) in [6.45, 7) is 3.24. The summed E-state index contributed by atoms with van der Waals surface area (Å²) in [6, 6.07) is 13.0. The number of aromatic nitrogens is 1. The standard InChI is InChI=1S/C18H17N3O4/c22-18(19-23)13-3-6-16-15(11-13)17(25-20-16)12-1-4-14(5-2-12)21-7-9-24-10-8-21/h1-6,11,23H,7-10H2,(H,19,22). The summed E-state index contributed by atoms with van der Waals surface area (Å²) >= 11 is 0. The third kappa shape index (κ3) is 2.95. The van der Waals surface area contributed by atoms with E-state index in [0.717, 1.165) is 42.9 Å². The zero-order valence-corrected chi connectivity index (χ0v) is 13.4. The minimum absolute atomic E-state index is 0.337. The number of carbonyl (C=O) groups is 1. The number of rotatable bonds is 3. The molecule has 1 aliphatic rings. The van der Waals surface area contributed by atoms with Crippen molar-refractivity contribution < 1.29 is 19.3 Å². The molecule has 0 bridgehead atoms. The number of carbonyl (C=O) groups excluding carboxylic acids is 1. The molecule has 128 valence electrons. The maximum atomic E-state index is 11.6. The van der Waals surface area contributed by atoms with Crippen molar-refractivity contribution in [2.45, 2.75) is 0 Å². The van der Waals surface area contributed by atoms with Gasteiger partial charge in [0.05, 0.1) is 18.6 Å². The maximum absolute atomic E-state index is 11.6. The average Bonchev–Trinajstić information content (AvgIpc) is 3.11. The molecule has 2 aromatic carbocycles. The van der Waals surface area contributed by atoms with Crippen molar-refractivity contribution in [3.05, 3.63) is 48.0 Å². The first-order valence-corrected chi connectivity index (χ1v) is 8.03. The van der Waals surface area contributed by atoms with E-state index in [-0.39, 0.29) is 0 Å². The summed E-state index contributed by atoms with van der Waals surface area (Å²) in [5.74, 6) is 0.0211. The minimum atomic E-state index is -0.572. The number of benzene rings is 2. The van der Waals surface area contributed by atoms with E-state index in [0.29, 0.717) is 16.8 Å². The van der Waals surface area contributed by atoms with Crippen molar-refractivity contribution in [1.29, 1.82) is 0 Å². The first-order chi connectivity index (χ1) is 12.3. The van der Waals surface area contributed by atoms with Gasteiger partial charge in [-0.05, 0) is 42.5 Å². The van der Waals surface area contributed by atoms with Gasteiger partial charge in [-0.25, -0.2) is 5.48 Å². The second kappa shape index (κ2) is 6.54. The van der Waals surface area contributed by atoms with Crippen molar-refractivity contribution in [1.82, 2.24) is 10.6 Å². The van der Waals surface area contributed by atoms with E-state index < -0.39 is 5.91 Å². The van der Waals surface area contributed by atoms with Crippen LogP contribution in [0.5, 0.6) is 0 Å². The lowest BCUT2D eigenvalue weighted by molar-refractivity contribution is 0.0706. The van der Waals surface area contributed by atoms with Gasteiger partial charge in [-0.1, -0.05) is 5.16 Å². The number of hydroxylamine groups is 1. The second-order valence-corrected chi connectivity index (χ2v) is 5.83. The lowest BCUT2D eigenvalue weighted by Crippen LogP contribution is -2.36. The van der Waals surface area contributed by atoms with Gasteiger partial charge in [-0.2, -0.15) is 0 Å². The Morgan fingerprint density at radius 3 is 2.60 bits per heavy atom. The summed E-state index contributed by atoms with van der Waals surface area (Å²) in [5, 5.41) is 13.6. The Balaban J connectivity index is 1.68. The predicted molar refractivity (Wildman–Crippen MR) is 91.7 cm³/mol. The topological polar surface area (TPSA) is 87.8 Å². The highest BCUT2D eigenvalue weighted by atomic mass is 16.5. The maximum Gasteiger partial charge on any atom is 0.274 e. The number of fused-ring (bicyclic) bond motifs is 1. The third-order valence-corrected chi connectivity index (χ3v) is 4.35. The molecule has 1 saturated heterocycles. The Kier molecular flexibility index (Phi) is 4.09. The van der Waals surface area contributed by atoms with Gasteiger partial charge in [-0.3, -0.25) is 10.0 Å². The number of anilines is 1. The lowest BCUT2D eigenvalue weighted by atomic mass is 10.1. The summed E-state index contributed by atoms with van der Waals surface area (Å²) in [4.78, 5) is 13.9. The van der Waals surface area contributed by atoms with E-state index in [2.05, 4.69) is 10.1 Å². The largest absolute Gasteiger partial charge is 0.378 e. The predicted octanol–water partition coefficient (Wildman–Crippen LogP) is 2.45. The monoisotopic (exact) mass is 339 g/mol. The van der Waals surface area contributed by atoms with Crippen LogP contribution in [-0.4, -0.2) is 42.6 Å². The summed E-state index contributed by atoms with van der Waals surface area (Å²) in [6.07, 6.45) is 0. The molecule has 2 N–H and O–H groups in total.